The number of hydrogen-bond acceptors (Lipinski definition) is 4. The molecule has 1 saturated carbocycles. The first-order valence-corrected chi connectivity index (χ1v) is 7.92. The summed E-state index contributed by atoms with van der Waals surface area (Å²) in [4.78, 5) is 28.2. The molecule has 6 nitrogen and oxygen atoms in total. The molecule has 130 valence electrons. The van der Waals surface area contributed by atoms with Gasteiger partial charge in [-0.25, -0.2) is 14.6 Å². The molecule has 3 rings (SSSR count). The molecule has 0 saturated heterocycles. The summed E-state index contributed by atoms with van der Waals surface area (Å²) in [5.41, 5.74) is 7.50. The van der Waals surface area contributed by atoms with Crippen molar-refractivity contribution in [3.05, 3.63) is 28.2 Å². The fourth-order valence-electron chi connectivity index (χ4n) is 2.94. The van der Waals surface area contributed by atoms with Gasteiger partial charge in [0.25, 0.3) is 0 Å². The summed E-state index contributed by atoms with van der Waals surface area (Å²) in [7, 11) is 0. The highest BCUT2D eigenvalue weighted by Gasteiger charge is 2.25. The van der Waals surface area contributed by atoms with Crippen molar-refractivity contribution in [1.82, 2.24) is 9.55 Å². The van der Waals surface area contributed by atoms with E-state index in [9.17, 15) is 9.59 Å². The predicted molar refractivity (Wildman–Crippen MR) is 94.1 cm³/mol. The van der Waals surface area contributed by atoms with Gasteiger partial charge in [-0.15, -0.1) is 12.4 Å². The van der Waals surface area contributed by atoms with Gasteiger partial charge < -0.3 is 10.5 Å². The van der Waals surface area contributed by atoms with Gasteiger partial charge in [-0.3, -0.25) is 4.57 Å². The number of hydrogen-bond donors (Lipinski definition) is 1. The summed E-state index contributed by atoms with van der Waals surface area (Å²) in [5.74, 6) is 0.00328. The molecule has 2 aromatic rings. The number of halogens is 2. The van der Waals surface area contributed by atoms with E-state index in [4.69, 9.17) is 22.1 Å². The van der Waals surface area contributed by atoms with E-state index in [2.05, 4.69) is 4.98 Å². The zero-order valence-electron chi connectivity index (χ0n) is 13.5. The van der Waals surface area contributed by atoms with Crippen molar-refractivity contribution >= 4 is 46.9 Å². The van der Waals surface area contributed by atoms with Crippen LogP contribution in [0.15, 0.2) is 6.20 Å². The van der Waals surface area contributed by atoms with Crippen molar-refractivity contribution in [3.8, 4) is 0 Å². The Morgan fingerprint density at radius 2 is 2.08 bits per heavy atom. The summed E-state index contributed by atoms with van der Waals surface area (Å²) in [5, 5.41) is 0.699. The summed E-state index contributed by atoms with van der Waals surface area (Å²) in [6.07, 6.45) is 4.77. The van der Waals surface area contributed by atoms with E-state index < -0.39 is 12.0 Å². The topological polar surface area (TPSA) is 87.2 Å². The standard InChI is InChI=1S/C16H18ClN3O3.ClH/c1-8-9(2)20(16(18)22)13-12(8)11(6-19-14(13)17)15(21)23-7-10-4-3-5-10;/h6,10H,3-5,7H2,1-2H3,(H2,18,22);1H. The number of amides is 1. The highest BCUT2D eigenvalue weighted by molar-refractivity contribution is 6.35. The summed E-state index contributed by atoms with van der Waals surface area (Å²) >= 11 is 6.14. The molecule has 2 aromatic heterocycles. The van der Waals surface area contributed by atoms with Gasteiger partial charge in [0.2, 0.25) is 0 Å². The summed E-state index contributed by atoms with van der Waals surface area (Å²) < 4.78 is 6.68. The molecule has 0 aromatic carbocycles. The van der Waals surface area contributed by atoms with Gasteiger partial charge >= 0.3 is 12.0 Å². The molecule has 8 heteroatoms. The van der Waals surface area contributed by atoms with Crippen LogP contribution in [0.4, 0.5) is 4.79 Å². The molecule has 1 fully saturated rings. The Bertz CT molecular complexity index is 813. The van der Waals surface area contributed by atoms with Gasteiger partial charge in [-0.1, -0.05) is 18.0 Å². The number of carbonyl (C=O) groups excluding carboxylic acids is 2. The average molecular weight is 372 g/mol. The van der Waals surface area contributed by atoms with Crippen LogP contribution in [-0.4, -0.2) is 28.2 Å². The summed E-state index contributed by atoms with van der Waals surface area (Å²) in [6.45, 7) is 3.98. The number of ether oxygens (including phenoxy) is 1. The van der Waals surface area contributed by atoms with Crippen LogP contribution in [0.2, 0.25) is 5.15 Å². The first kappa shape index (κ1) is 18.5. The van der Waals surface area contributed by atoms with Crippen molar-refractivity contribution in [2.45, 2.75) is 33.1 Å². The Morgan fingerprint density at radius 1 is 1.42 bits per heavy atom. The SMILES string of the molecule is Cc1c(C)n(C(N)=O)c2c(Cl)ncc(C(=O)OCC3CCC3)c12.Cl. The molecule has 0 spiro atoms. The van der Waals surface area contributed by atoms with Crippen LogP contribution in [0, 0.1) is 19.8 Å². The van der Waals surface area contributed by atoms with E-state index in [-0.39, 0.29) is 17.6 Å². The van der Waals surface area contributed by atoms with Crippen molar-refractivity contribution in [2.75, 3.05) is 6.61 Å². The normalized spacial score (nSPS) is 14.1. The molecule has 24 heavy (non-hydrogen) atoms. The molecule has 0 bridgehead atoms. The maximum atomic E-state index is 12.4. The number of nitrogens with two attached hydrogens (primary N) is 1. The smallest absolute Gasteiger partial charge is 0.340 e. The van der Waals surface area contributed by atoms with Gasteiger partial charge in [-0.2, -0.15) is 0 Å². The number of aryl methyl sites for hydroxylation is 1. The van der Waals surface area contributed by atoms with Crippen LogP contribution < -0.4 is 5.73 Å². The highest BCUT2D eigenvalue weighted by Crippen LogP contribution is 2.33. The molecular weight excluding hydrogens is 353 g/mol. The number of pyridine rings is 1. The van der Waals surface area contributed by atoms with Crippen LogP contribution >= 0.6 is 24.0 Å². The molecule has 1 amide bonds. The molecular formula is C16H19Cl2N3O3. The van der Waals surface area contributed by atoms with E-state index >= 15 is 0 Å². The van der Waals surface area contributed by atoms with Crippen LogP contribution in [0.25, 0.3) is 10.9 Å². The Kier molecular flexibility index (Phi) is 5.40. The average Bonchev–Trinajstić information content (AvgIpc) is 2.71. The third kappa shape index (κ3) is 2.96. The Balaban J connectivity index is 0.00000208. The number of aromatic nitrogens is 2. The van der Waals surface area contributed by atoms with E-state index in [1.807, 2.05) is 6.92 Å². The lowest BCUT2D eigenvalue weighted by Gasteiger charge is -2.24. The van der Waals surface area contributed by atoms with E-state index in [1.165, 1.54) is 17.2 Å². The molecule has 0 unspecified atom stereocenters. The Morgan fingerprint density at radius 3 is 2.62 bits per heavy atom. The number of primary amides is 1. The minimum absolute atomic E-state index is 0. The van der Waals surface area contributed by atoms with Crippen molar-refractivity contribution in [1.29, 1.82) is 0 Å². The predicted octanol–water partition coefficient (Wildman–Crippen LogP) is 3.61. The van der Waals surface area contributed by atoms with Crippen LogP contribution in [0.3, 0.4) is 0 Å². The second-order valence-corrected chi connectivity index (χ2v) is 6.32. The maximum Gasteiger partial charge on any atom is 0.340 e. The second-order valence-electron chi connectivity index (χ2n) is 5.97. The summed E-state index contributed by atoms with van der Waals surface area (Å²) in [6, 6.07) is -0.663. The molecule has 0 aliphatic heterocycles. The monoisotopic (exact) mass is 371 g/mol. The molecule has 2 heterocycles. The van der Waals surface area contributed by atoms with Gasteiger partial charge in [0.05, 0.1) is 17.7 Å². The molecule has 0 atom stereocenters. The third-order valence-corrected chi connectivity index (χ3v) is 4.88. The minimum Gasteiger partial charge on any atom is -0.462 e. The van der Waals surface area contributed by atoms with E-state index in [1.54, 1.807) is 6.92 Å². The minimum atomic E-state index is -0.663. The van der Waals surface area contributed by atoms with E-state index in [0.29, 0.717) is 34.7 Å². The van der Waals surface area contributed by atoms with Gasteiger partial charge in [0.15, 0.2) is 5.15 Å². The number of rotatable bonds is 3. The van der Waals surface area contributed by atoms with Crippen molar-refractivity contribution in [3.63, 3.8) is 0 Å². The van der Waals surface area contributed by atoms with Gasteiger partial charge in [-0.05, 0) is 38.2 Å². The van der Waals surface area contributed by atoms with Crippen molar-refractivity contribution < 1.29 is 14.3 Å². The van der Waals surface area contributed by atoms with Crippen LogP contribution in [0.1, 0.15) is 40.9 Å². The van der Waals surface area contributed by atoms with Gasteiger partial charge in [0, 0.05) is 17.3 Å². The quantitative estimate of drug-likeness (QED) is 0.659. The zero-order valence-corrected chi connectivity index (χ0v) is 15.0. The number of nitrogens with zero attached hydrogens (tertiary/aromatic N) is 2. The van der Waals surface area contributed by atoms with Gasteiger partial charge in [0.1, 0.15) is 0 Å². The fourth-order valence-corrected chi connectivity index (χ4v) is 3.17. The number of carbonyl (C=O) groups is 2. The molecule has 2 N–H and O–H groups in total. The van der Waals surface area contributed by atoms with E-state index in [0.717, 1.165) is 18.4 Å². The number of esters is 1. The third-order valence-electron chi connectivity index (χ3n) is 4.60. The lowest BCUT2D eigenvalue weighted by atomic mass is 9.86. The lowest BCUT2D eigenvalue weighted by Crippen LogP contribution is -2.21. The maximum absolute atomic E-state index is 12.4. The fraction of sp³-hybridized carbons (Fsp3) is 0.438. The zero-order chi connectivity index (χ0) is 16.7. The first-order valence-electron chi connectivity index (χ1n) is 7.54. The lowest BCUT2D eigenvalue weighted by molar-refractivity contribution is 0.0373. The molecule has 1 aliphatic carbocycles. The molecule has 0 radical (unpaired) electrons. The van der Waals surface area contributed by atoms with Crippen molar-refractivity contribution in [2.24, 2.45) is 11.7 Å². The highest BCUT2D eigenvalue weighted by atomic mass is 35.5. The van der Waals surface area contributed by atoms with Crippen LogP contribution in [0.5, 0.6) is 0 Å². The second kappa shape index (κ2) is 6.99. The Hall–Kier alpha value is -1.79. The Labute approximate surface area is 150 Å². The molecule has 1 aliphatic rings. The first-order chi connectivity index (χ1) is 10.9. The largest absolute Gasteiger partial charge is 0.462 e. The number of fused-ring (bicyclic) bond motifs is 1. The van der Waals surface area contributed by atoms with Crippen LogP contribution in [-0.2, 0) is 4.74 Å².